The van der Waals surface area contributed by atoms with Crippen molar-refractivity contribution in [3.63, 3.8) is 0 Å². The van der Waals surface area contributed by atoms with E-state index in [0.717, 1.165) is 17.0 Å². The van der Waals surface area contributed by atoms with E-state index in [4.69, 9.17) is 18.9 Å². The van der Waals surface area contributed by atoms with E-state index in [1.54, 1.807) is 26.5 Å². The first-order chi connectivity index (χ1) is 14.2. The molecular weight excluding hydrogens is 390 g/mol. The number of allylic oxidation sites excluding steroid dienone is 1. The molecule has 3 aromatic rings. The zero-order valence-electron chi connectivity index (χ0n) is 15.8. The number of aromatic nitrogens is 1. The highest BCUT2D eigenvalue weighted by Crippen LogP contribution is 2.36. The maximum atomic E-state index is 9.59. The van der Waals surface area contributed by atoms with Gasteiger partial charge in [-0.1, -0.05) is 0 Å². The molecule has 1 N–H and O–H groups in total. The fraction of sp³-hybridized carbons (Fsp3) is 0.143. The number of thiazole rings is 1. The van der Waals surface area contributed by atoms with Crippen molar-refractivity contribution in [3.05, 3.63) is 53.0 Å². The van der Waals surface area contributed by atoms with E-state index >= 15 is 0 Å². The van der Waals surface area contributed by atoms with Crippen LogP contribution in [-0.2, 0) is 0 Å². The summed E-state index contributed by atoms with van der Waals surface area (Å²) < 4.78 is 21.3. The Kier molecular flexibility index (Phi) is 5.22. The topological polar surface area (TPSA) is 85.6 Å². The Morgan fingerprint density at radius 1 is 1.17 bits per heavy atom. The summed E-state index contributed by atoms with van der Waals surface area (Å²) in [5, 5.41) is 15.2. The van der Waals surface area contributed by atoms with Gasteiger partial charge in [-0.15, -0.1) is 11.3 Å². The SMILES string of the molecule is COc1ccc(N/C=C(\C#N)c2nc(-c3ccc4c(c3)OCO4)cs2)c(OC)c1. The summed E-state index contributed by atoms with van der Waals surface area (Å²) in [4.78, 5) is 4.60. The second-order valence-electron chi connectivity index (χ2n) is 5.99. The van der Waals surface area contributed by atoms with Crippen LogP contribution in [0.25, 0.3) is 16.8 Å². The zero-order chi connectivity index (χ0) is 20.2. The number of nitrogens with one attached hydrogen (secondary N) is 1. The fourth-order valence-corrected chi connectivity index (χ4v) is 3.59. The molecule has 29 heavy (non-hydrogen) atoms. The molecule has 0 bridgehead atoms. The smallest absolute Gasteiger partial charge is 0.231 e. The van der Waals surface area contributed by atoms with Crippen LogP contribution in [0.4, 0.5) is 5.69 Å². The molecule has 2 heterocycles. The minimum absolute atomic E-state index is 0.225. The molecule has 0 unspecified atom stereocenters. The van der Waals surface area contributed by atoms with E-state index in [2.05, 4.69) is 16.4 Å². The van der Waals surface area contributed by atoms with E-state index in [1.165, 1.54) is 11.3 Å². The Labute approximate surface area is 171 Å². The molecule has 2 aromatic carbocycles. The summed E-state index contributed by atoms with van der Waals surface area (Å²) in [5.74, 6) is 2.71. The van der Waals surface area contributed by atoms with Crippen molar-refractivity contribution in [1.82, 2.24) is 4.98 Å². The number of fused-ring (bicyclic) bond motifs is 1. The lowest BCUT2D eigenvalue weighted by atomic mass is 10.1. The average Bonchev–Trinajstić information content (AvgIpc) is 3.43. The number of hydrogen-bond acceptors (Lipinski definition) is 8. The Balaban J connectivity index is 1.57. The summed E-state index contributed by atoms with van der Waals surface area (Å²) in [6, 6.07) is 13.3. The summed E-state index contributed by atoms with van der Waals surface area (Å²) in [6.45, 7) is 0.225. The van der Waals surface area contributed by atoms with Crippen LogP contribution in [0, 0.1) is 11.3 Å². The lowest BCUT2D eigenvalue weighted by molar-refractivity contribution is 0.174. The van der Waals surface area contributed by atoms with Crippen LogP contribution >= 0.6 is 11.3 Å². The Hall–Kier alpha value is -3.70. The molecule has 4 rings (SSSR count). The van der Waals surface area contributed by atoms with Gasteiger partial charge in [0, 0.05) is 23.2 Å². The number of methoxy groups -OCH3 is 2. The van der Waals surface area contributed by atoms with Crippen molar-refractivity contribution in [3.8, 4) is 40.3 Å². The van der Waals surface area contributed by atoms with Gasteiger partial charge in [-0.05, 0) is 30.3 Å². The highest BCUT2D eigenvalue weighted by Gasteiger charge is 2.16. The van der Waals surface area contributed by atoms with Gasteiger partial charge in [-0.3, -0.25) is 0 Å². The van der Waals surface area contributed by atoms with Crippen LogP contribution in [0.1, 0.15) is 5.01 Å². The van der Waals surface area contributed by atoms with Gasteiger partial charge in [0.05, 0.1) is 25.6 Å². The standard InChI is InChI=1S/C21H17N3O4S/c1-25-15-4-5-16(19(8-15)26-2)23-10-14(9-22)21-24-17(11-29-21)13-3-6-18-20(7-13)28-12-27-18/h3-8,10-11,23H,12H2,1-2H3/b14-10+. The third-order valence-electron chi connectivity index (χ3n) is 4.30. The summed E-state index contributed by atoms with van der Waals surface area (Å²) in [7, 11) is 3.17. The van der Waals surface area contributed by atoms with Crippen LogP contribution in [-0.4, -0.2) is 26.0 Å². The molecular formula is C21H17N3O4S. The van der Waals surface area contributed by atoms with E-state index in [1.807, 2.05) is 35.7 Å². The molecule has 1 aromatic heterocycles. The zero-order valence-corrected chi connectivity index (χ0v) is 16.6. The molecule has 8 heteroatoms. The Morgan fingerprint density at radius 3 is 2.83 bits per heavy atom. The monoisotopic (exact) mass is 407 g/mol. The minimum atomic E-state index is 0.225. The van der Waals surface area contributed by atoms with Crippen molar-refractivity contribution in [1.29, 1.82) is 5.26 Å². The van der Waals surface area contributed by atoms with Crippen LogP contribution in [0.15, 0.2) is 48.0 Å². The molecule has 7 nitrogen and oxygen atoms in total. The van der Waals surface area contributed by atoms with Gasteiger partial charge in [0.2, 0.25) is 6.79 Å². The number of hydrogen-bond donors (Lipinski definition) is 1. The average molecular weight is 407 g/mol. The molecule has 0 spiro atoms. The molecule has 0 fully saturated rings. The molecule has 0 atom stereocenters. The number of ether oxygens (including phenoxy) is 4. The molecule has 1 aliphatic heterocycles. The number of rotatable bonds is 6. The van der Waals surface area contributed by atoms with Crippen molar-refractivity contribution < 1.29 is 18.9 Å². The van der Waals surface area contributed by atoms with Crippen molar-refractivity contribution in [2.24, 2.45) is 0 Å². The quantitative estimate of drug-likeness (QED) is 0.601. The van der Waals surface area contributed by atoms with E-state index in [0.29, 0.717) is 33.5 Å². The lowest BCUT2D eigenvalue weighted by Crippen LogP contribution is -1.95. The lowest BCUT2D eigenvalue weighted by Gasteiger charge is -2.10. The van der Waals surface area contributed by atoms with Crippen LogP contribution in [0.3, 0.4) is 0 Å². The Morgan fingerprint density at radius 2 is 2.03 bits per heavy atom. The molecule has 0 saturated carbocycles. The normalized spacial score (nSPS) is 12.4. The molecule has 1 aliphatic rings. The highest BCUT2D eigenvalue weighted by atomic mass is 32.1. The molecule has 0 radical (unpaired) electrons. The number of nitriles is 1. The second-order valence-corrected chi connectivity index (χ2v) is 6.84. The van der Waals surface area contributed by atoms with Crippen LogP contribution < -0.4 is 24.3 Å². The summed E-state index contributed by atoms with van der Waals surface area (Å²) >= 11 is 1.40. The van der Waals surface area contributed by atoms with E-state index in [-0.39, 0.29) is 6.79 Å². The third kappa shape index (κ3) is 3.81. The molecule has 0 amide bonds. The fourth-order valence-electron chi connectivity index (χ4n) is 2.80. The first kappa shape index (κ1) is 18.7. The van der Waals surface area contributed by atoms with Crippen molar-refractivity contribution in [2.75, 3.05) is 26.3 Å². The first-order valence-corrected chi connectivity index (χ1v) is 9.54. The number of anilines is 1. The van der Waals surface area contributed by atoms with Gasteiger partial charge < -0.3 is 24.3 Å². The highest BCUT2D eigenvalue weighted by molar-refractivity contribution is 7.11. The Bertz CT molecular complexity index is 1120. The van der Waals surface area contributed by atoms with Crippen molar-refractivity contribution in [2.45, 2.75) is 0 Å². The van der Waals surface area contributed by atoms with E-state index in [9.17, 15) is 5.26 Å². The summed E-state index contributed by atoms with van der Waals surface area (Å²) in [5.41, 5.74) is 2.80. The van der Waals surface area contributed by atoms with Gasteiger partial charge in [0.15, 0.2) is 11.5 Å². The second kappa shape index (κ2) is 8.12. The van der Waals surface area contributed by atoms with Crippen LogP contribution in [0.5, 0.6) is 23.0 Å². The van der Waals surface area contributed by atoms with E-state index < -0.39 is 0 Å². The predicted octanol–water partition coefficient (Wildman–Crippen LogP) is 4.53. The van der Waals surface area contributed by atoms with Crippen molar-refractivity contribution >= 4 is 22.6 Å². The van der Waals surface area contributed by atoms with Gasteiger partial charge in [0.25, 0.3) is 0 Å². The predicted molar refractivity (Wildman–Crippen MR) is 110 cm³/mol. The van der Waals surface area contributed by atoms with Gasteiger partial charge in [-0.2, -0.15) is 5.26 Å². The third-order valence-corrected chi connectivity index (χ3v) is 5.18. The van der Waals surface area contributed by atoms with Crippen LogP contribution in [0.2, 0.25) is 0 Å². The maximum Gasteiger partial charge on any atom is 0.231 e. The maximum absolute atomic E-state index is 9.59. The number of benzene rings is 2. The molecule has 146 valence electrons. The van der Waals surface area contributed by atoms with Gasteiger partial charge in [-0.25, -0.2) is 4.98 Å². The summed E-state index contributed by atoms with van der Waals surface area (Å²) in [6.07, 6.45) is 1.62. The largest absolute Gasteiger partial charge is 0.497 e. The number of nitrogens with zero attached hydrogens (tertiary/aromatic N) is 2. The molecule has 0 saturated heterocycles. The first-order valence-electron chi connectivity index (χ1n) is 8.66. The van der Waals surface area contributed by atoms with Gasteiger partial charge >= 0.3 is 0 Å². The minimum Gasteiger partial charge on any atom is -0.497 e. The van der Waals surface area contributed by atoms with Gasteiger partial charge in [0.1, 0.15) is 28.1 Å². The molecule has 0 aliphatic carbocycles.